The molecule has 0 spiro atoms. The largest absolute Gasteiger partial charge is 0.309 e. The van der Waals surface area contributed by atoms with E-state index in [1.54, 1.807) is 0 Å². The molecule has 0 saturated heterocycles. The Hall–Kier alpha value is -6.52. The van der Waals surface area contributed by atoms with Gasteiger partial charge in [0.1, 0.15) is 0 Å². The van der Waals surface area contributed by atoms with Crippen LogP contribution >= 0.6 is 0 Å². The maximum Gasteiger partial charge on any atom is 0.0640 e. The van der Waals surface area contributed by atoms with Gasteiger partial charge in [0.2, 0.25) is 0 Å². The van der Waals surface area contributed by atoms with E-state index in [-0.39, 0.29) is 0 Å². The topological polar surface area (TPSA) is 35.6 Å². The van der Waals surface area contributed by atoms with Crippen molar-refractivity contribution in [3.05, 3.63) is 170 Å². The molecule has 0 amide bonds. The van der Waals surface area contributed by atoms with E-state index >= 15 is 0 Å². The molecule has 0 aliphatic rings. The zero-order chi connectivity index (χ0) is 31.6. The Balaban J connectivity index is 1.42. The van der Waals surface area contributed by atoms with Crippen molar-refractivity contribution in [2.45, 2.75) is 0 Å². The van der Waals surface area contributed by atoms with E-state index in [9.17, 15) is 0 Å². The van der Waals surface area contributed by atoms with Crippen LogP contribution in [-0.4, -0.2) is 19.1 Å². The lowest BCUT2D eigenvalue weighted by atomic mass is 9.99. The van der Waals surface area contributed by atoms with Crippen LogP contribution in [-0.2, 0) is 0 Å². The molecule has 0 saturated carbocycles. The monoisotopic (exact) mass is 612 g/mol. The van der Waals surface area contributed by atoms with Crippen molar-refractivity contribution < 1.29 is 0 Å². The average molecular weight is 613 g/mol. The van der Waals surface area contributed by atoms with Crippen molar-refractivity contribution in [1.82, 2.24) is 19.1 Å². The first-order chi connectivity index (χ1) is 23.8. The quantitative estimate of drug-likeness (QED) is 0.198. The maximum absolute atomic E-state index is 4.47. The van der Waals surface area contributed by atoms with Crippen LogP contribution in [0.2, 0.25) is 0 Å². The number of pyridine rings is 2. The highest BCUT2D eigenvalue weighted by Crippen LogP contribution is 2.43. The van der Waals surface area contributed by atoms with Crippen molar-refractivity contribution in [1.29, 1.82) is 0 Å². The van der Waals surface area contributed by atoms with Crippen molar-refractivity contribution in [3.8, 4) is 33.6 Å². The minimum atomic E-state index is 1.07. The van der Waals surface area contributed by atoms with Gasteiger partial charge in [-0.25, -0.2) is 0 Å². The van der Waals surface area contributed by atoms with Gasteiger partial charge in [-0.15, -0.1) is 0 Å². The summed E-state index contributed by atoms with van der Waals surface area (Å²) in [5.41, 5.74) is 11.4. The average Bonchev–Trinajstić information content (AvgIpc) is 3.69. The van der Waals surface area contributed by atoms with Gasteiger partial charge >= 0.3 is 0 Å². The van der Waals surface area contributed by atoms with E-state index in [4.69, 9.17) is 0 Å². The summed E-state index contributed by atoms with van der Waals surface area (Å²) < 4.78 is 4.92. The zero-order valence-corrected chi connectivity index (χ0v) is 26.0. The molecule has 0 atom stereocenters. The molecule has 10 aromatic rings. The first kappa shape index (κ1) is 26.7. The van der Waals surface area contributed by atoms with E-state index < -0.39 is 0 Å². The van der Waals surface area contributed by atoms with Gasteiger partial charge in [0.05, 0.1) is 22.1 Å². The zero-order valence-electron chi connectivity index (χ0n) is 26.0. The van der Waals surface area contributed by atoms with Crippen LogP contribution < -0.4 is 0 Å². The van der Waals surface area contributed by atoms with Crippen LogP contribution in [0.5, 0.6) is 0 Å². The molecule has 4 aromatic heterocycles. The van der Waals surface area contributed by atoms with Gasteiger partial charge in [-0.05, 0) is 71.1 Å². The Labute approximate surface area is 276 Å². The van der Waals surface area contributed by atoms with Crippen LogP contribution in [0.4, 0.5) is 0 Å². The lowest BCUT2D eigenvalue weighted by Crippen LogP contribution is -1.98. The summed E-state index contributed by atoms with van der Waals surface area (Å²) in [6, 6.07) is 52.5. The summed E-state index contributed by atoms with van der Waals surface area (Å²) in [5, 5.41) is 7.38. The Kier molecular flexibility index (Phi) is 5.84. The van der Waals surface area contributed by atoms with Crippen molar-refractivity contribution in [2.24, 2.45) is 0 Å². The Morgan fingerprint density at radius 3 is 1.44 bits per heavy atom. The van der Waals surface area contributed by atoms with Gasteiger partial charge in [0, 0.05) is 74.2 Å². The molecule has 0 aliphatic carbocycles. The minimum Gasteiger partial charge on any atom is -0.309 e. The molecule has 4 heterocycles. The van der Waals surface area contributed by atoms with E-state index in [1.165, 1.54) is 54.4 Å². The van der Waals surface area contributed by atoms with Gasteiger partial charge in [0.15, 0.2) is 0 Å². The van der Waals surface area contributed by atoms with Crippen molar-refractivity contribution >= 4 is 54.4 Å². The molecule has 10 rings (SSSR count). The predicted molar refractivity (Wildman–Crippen MR) is 199 cm³/mol. The number of hydrogen-bond acceptors (Lipinski definition) is 2. The van der Waals surface area contributed by atoms with Crippen LogP contribution in [0.3, 0.4) is 0 Å². The Morgan fingerprint density at radius 2 is 0.896 bits per heavy atom. The number of fused-ring (bicyclic) bond motifs is 9. The van der Waals surface area contributed by atoms with Crippen LogP contribution in [0, 0.1) is 0 Å². The van der Waals surface area contributed by atoms with E-state index in [0.717, 1.165) is 33.6 Å². The number of hydrogen-bond donors (Lipinski definition) is 0. The fraction of sp³-hybridized carbons (Fsp3) is 0. The Bertz CT molecular complexity index is 2750. The first-order valence-corrected chi connectivity index (χ1v) is 16.2. The van der Waals surface area contributed by atoms with E-state index in [0.29, 0.717) is 0 Å². The number of para-hydroxylation sites is 3. The molecule has 0 radical (unpaired) electrons. The molecule has 0 unspecified atom stereocenters. The van der Waals surface area contributed by atoms with Gasteiger partial charge in [-0.2, -0.15) is 0 Å². The van der Waals surface area contributed by atoms with Gasteiger partial charge in [-0.1, -0.05) is 91.0 Å². The fourth-order valence-electron chi connectivity index (χ4n) is 7.57. The normalized spacial score (nSPS) is 11.8. The fourth-order valence-corrected chi connectivity index (χ4v) is 7.57. The number of benzene rings is 6. The third-order valence-electron chi connectivity index (χ3n) is 9.63. The van der Waals surface area contributed by atoms with Crippen LogP contribution in [0.25, 0.3) is 88.0 Å². The van der Waals surface area contributed by atoms with Gasteiger partial charge < -0.3 is 9.13 Å². The summed E-state index contributed by atoms with van der Waals surface area (Å²) in [7, 11) is 0. The lowest BCUT2D eigenvalue weighted by Gasteiger charge is -2.16. The highest BCUT2D eigenvalue weighted by Gasteiger charge is 2.21. The highest BCUT2D eigenvalue weighted by molar-refractivity contribution is 6.28. The molecule has 0 aliphatic heterocycles. The number of nitrogens with zero attached hydrogens (tertiary/aromatic N) is 4. The molecule has 48 heavy (non-hydrogen) atoms. The molecular formula is C44H28N4. The van der Waals surface area contributed by atoms with Crippen LogP contribution in [0.1, 0.15) is 0 Å². The second-order valence-corrected chi connectivity index (χ2v) is 12.3. The highest BCUT2D eigenvalue weighted by atomic mass is 15.0. The summed E-state index contributed by atoms with van der Waals surface area (Å²) >= 11 is 0. The molecule has 224 valence electrons. The van der Waals surface area contributed by atoms with E-state index in [1.807, 2.05) is 36.9 Å². The summed E-state index contributed by atoms with van der Waals surface area (Å²) in [6.07, 6.45) is 7.53. The first-order valence-electron chi connectivity index (χ1n) is 16.2. The summed E-state index contributed by atoms with van der Waals surface area (Å²) in [6.45, 7) is 0. The molecule has 4 nitrogen and oxygen atoms in total. The van der Waals surface area contributed by atoms with Crippen LogP contribution in [0.15, 0.2) is 170 Å². The summed E-state index contributed by atoms with van der Waals surface area (Å²) in [5.74, 6) is 0. The molecule has 0 bridgehead atoms. The molecule has 4 heteroatoms. The second-order valence-electron chi connectivity index (χ2n) is 12.3. The molecular weight excluding hydrogens is 585 g/mol. The van der Waals surface area contributed by atoms with E-state index in [2.05, 4.69) is 153 Å². The molecule has 0 N–H and O–H groups in total. The third kappa shape index (κ3) is 3.96. The minimum absolute atomic E-state index is 1.07. The van der Waals surface area contributed by atoms with Gasteiger partial charge in [0.25, 0.3) is 0 Å². The van der Waals surface area contributed by atoms with Crippen molar-refractivity contribution in [3.63, 3.8) is 0 Å². The number of rotatable bonds is 4. The molecule has 0 fully saturated rings. The predicted octanol–water partition coefficient (Wildman–Crippen LogP) is 11.2. The smallest absolute Gasteiger partial charge is 0.0640 e. The maximum atomic E-state index is 4.47. The molecule has 6 aromatic carbocycles. The SMILES string of the molecule is c1ccc(-n2c3ccccc3c3ccc4ccc5c6ccccc6n(-c6cc(-c7cccnc7)cc(-c7cccnc7)c6)c5c4c32)cc1. The lowest BCUT2D eigenvalue weighted by molar-refractivity contribution is 1.17. The standard InChI is InChI=1S/C44H28N4/c1-2-12-34(13-3-1)47-40-16-6-4-14-36(40)38-20-18-29-19-21-39-37-15-5-7-17-41(37)48(44(39)42(29)43(38)47)35-25-32(30-10-8-22-45-27-30)24-33(26-35)31-11-9-23-46-28-31/h1-28H. The Morgan fingerprint density at radius 1 is 0.375 bits per heavy atom. The number of aromatic nitrogens is 4. The van der Waals surface area contributed by atoms with Gasteiger partial charge in [-0.3, -0.25) is 9.97 Å². The summed E-state index contributed by atoms with van der Waals surface area (Å²) in [4.78, 5) is 8.94. The third-order valence-corrected chi connectivity index (χ3v) is 9.63. The second kappa shape index (κ2) is 10.5. The van der Waals surface area contributed by atoms with Crippen molar-refractivity contribution in [2.75, 3.05) is 0 Å².